The zero-order valence-electron chi connectivity index (χ0n) is 26.7. The molecule has 3 aliphatic rings. The van der Waals surface area contributed by atoms with E-state index in [0.29, 0.717) is 36.4 Å². The van der Waals surface area contributed by atoms with E-state index in [9.17, 15) is 0 Å². The van der Waals surface area contributed by atoms with Gasteiger partial charge in [0.25, 0.3) is 0 Å². The van der Waals surface area contributed by atoms with Gasteiger partial charge in [-0.05, 0) is 99.0 Å². The average Bonchev–Trinajstić information content (AvgIpc) is 3.50. The van der Waals surface area contributed by atoms with Crippen LogP contribution in [0.5, 0.6) is 0 Å². The van der Waals surface area contributed by atoms with Crippen molar-refractivity contribution in [2.45, 2.75) is 154 Å². The molecule has 0 radical (unpaired) electrons. The van der Waals surface area contributed by atoms with Crippen LogP contribution in [0.1, 0.15) is 106 Å². The predicted octanol–water partition coefficient (Wildman–Crippen LogP) is 9.65. The molecule has 3 aliphatic carbocycles. The summed E-state index contributed by atoms with van der Waals surface area (Å²) in [5.74, 6) is 2.47. The fourth-order valence-corrected chi connectivity index (χ4v) is 9.09. The molecule has 3 nitrogen and oxygen atoms in total. The van der Waals surface area contributed by atoms with Crippen LogP contribution in [-0.2, 0) is 8.85 Å². The van der Waals surface area contributed by atoms with Crippen molar-refractivity contribution in [2.24, 2.45) is 23.7 Å². The van der Waals surface area contributed by atoms with Crippen LogP contribution in [0.25, 0.3) is 0 Å². The summed E-state index contributed by atoms with van der Waals surface area (Å²) in [4.78, 5) is 0. The van der Waals surface area contributed by atoms with Gasteiger partial charge in [-0.1, -0.05) is 84.6 Å². The number of aliphatic hydroxyl groups excluding tert-OH is 1. The van der Waals surface area contributed by atoms with Gasteiger partial charge in [-0.2, -0.15) is 0 Å². The summed E-state index contributed by atoms with van der Waals surface area (Å²) in [5.41, 5.74) is 1.66. The standard InChI is InChI=1S/C33H62O3Si2/c1-32(2,3)37(7,8)35-30(26-17-13-14-18-26)20-19-28-29-23-25(16-12-11-15-21-34)22-27(29)24-31(28)36-38(9,10)33(4,5)6/h19-20,22,26-31,34H,11-18,21,23-24H2,1-10H3/b20-19-/t27-,28-,29-,30+,31+/m0/s1. The van der Waals surface area contributed by atoms with E-state index in [1.54, 1.807) is 5.57 Å². The molecule has 3 rings (SSSR count). The van der Waals surface area contributed by atoms with Crippen molar-refractivity contribution in [3.63, 3.8) is 0 Å². The molecule has 0 saturated heterocycles. The first-order valence-corrected chi connectivity index (χ1v) is 21.7. The van der Waals surface area contributed by atoms with Gasteiger partial charge < -0.3 is 14.0 Å². The Morgan fingerprint density at radius 3 is 2.16 bits per heavy atom. The van der Waals surface area contributed by atoms with Gasteiger partial charge in [-0.3, -0.25) is 0 Å². The van der Waals surface area contributed by atoms with Crippen LogP contribution >= 0.6 is 0 Å². The molecule has 0 heterocycles. The highest BCUT2D eigenvalue weighted by Gasteiger charge is 2.49. The van der Waals surface area contributed by atoms with Crippen molar-refractivity contribution in [1.29, 1.82) is 0 Å². The number of hydrogen-bond acceptors (Lipinski definition) is 3. The van der Waals surface area contributed by atoms with Gasteiger partial charge in [0, 0.05) is 12.5 Å². The van der Waals surface area contributed by atoms with Gasteiger partial charge in [-0.15, -0.1) is 0 Å². The normalized spacial score (nSPS) is 28.3. The minimum atomic E-state index is -1.86. The molecule has 220 valence electrons. The molecule has 0 amide bonds. The third kappa shape index (κ3) is 7.96. The van der Waals surface area contributed by atoms with Crippen LogP contribution in [0.3, 0.4) is 0 Å². The predicted molar refractivity (Wildman–Crippen MR) is 169 cm³/mol. The Morgan fingerprint density at radius 1 is 0.947 bits per heavy atom. The maximum Gasteiger partial charge on any atom is 0.192 e. The van der Waals surface area contributed by atoms with Crippen molar-refractivity contribution in [3.05, 3.63) is 23.8 Å². The van der Waals surface area contributed by atoms with Crippen LogP contribution in [0.15, 0.2) is 23.8 Å². The molecule has 0 unspecified atom stereocenters. The summed E-state index contributed by atoms with van der Waals surface area (Å²) >= 11 is 0. The highest BCUT2D eigenvalue weighted by molar-refractivity contribution is 6.74. The molecule has 5 heteroatoms. The molecule has 5 atom stereocenters. The van der Waals surface area contributed by atoms with Crippen LogP contribution in [0, 0.1) is 23.7 Å². The number of aliphatic hydroxyl groups is 1. The van der Waals surface area contributed by atoms with Crippen molar-refractivity contribution < 1.29 is 14.0 Å². The maximum atomic E-state index is 9.16. The maximum absolute atomic E-state index is 9.16. The summed E-state index contributed by atoms with van der Waals surface area (Å²) in [6, 6.07) is 0. The lowest BCUT2D eigenvalue weighted by atomic mass is 9.88. The number of unbranched alkanes of at least 4 members (excludes halogenated alkanes) is 2. The van der Waals surface area contributed by atoms with E-state index in [2.05, 4.69) is 86.0 Å². The van der Waals surface area contributed by atoms with Gasteiger partial charge in [0.2, 0.25) is 0 Å². The fourth-order valence-electron chi connectivity index (χ4n) is 6.42. The fraction of sp³-hybridized carbons (Fsp3) is 0.879. The molecule has 0 aromatic heterocycles. The number of allylic oxidation sites excluding steroid dienone is 2. The van der Waals surface area contributed by atoms with Crippen molar-refractivity contribution in [3.8, 4) is 0 Å². The topological polar surface area (TPSA) is 38.7 Å². The molecule has 0 bridgehead atoms. The second kappa shape index (κ2) is 12.8. The molecule has 1 N–H and O–H groups in total. The van der Waals surface area contributed by atoms with E-state index >= 15 is 0 Å². The summed E-state index contributed by atoms with van der Waals surface area (Å²) in [6.45, 7) is 24.2. The minimum Gasteiger partial charge on any atom is -0.413 e. The van der Waals surface area contributed by atoms with E-state index in [1.807, 2.05) is 0 Å². The highest BCUT2D eigenvalue weighted by Crippen LogP contribution is 2.51. The Morgan fingerprint density at radius 2 is 1.58 bits per heavy atom. The summed E-state index contributed by atoms with van der Waals surface area (Å²) in [5, 5.41) is 9.61. The SMILES string of the molecule is CC(C)(C)[Si](C)(C)O[C@H](/C=C\[C@H]1[C@H]2CC(CCCCCO)=C[C@H]2C[C@H]1O[Si](C)(C)C(C)(C)C)C1CCCC1. The highest BCUT2D eigenvalue weighted by atomic mass is 28.4. The largest absolute Gasteiger partial charge is 0.413 e. The Balaban J connectivity index is 1.83. The Kier molecular flexibility index (Phi) is 10.8. The quantitative estimate of drug-likeness (QED) is 0.146. The monoisotopic (exact) mass is 562 g/mol. The molecule has 0 spiro atoms. The number of rotatable bonds is 12. The van der Waals surface area contributed by atoms with Crippen molar-refractivity contribution in [2.75, 3.05) is 6.61 Å². The lowest BCUT2D eigenvalue weighted by Crippen LogP contribution is -2.45. The van der Waals surface area contributed by atoms with Gasteiger partial charge in [-0.25, -0.2) is 0 Å². The molecule has 0 aromatic carbocycles. The Bertz CT molecular complexity index is 811. The Labute approximate surface area is 238 Å². The molecular weight excluding hydrogens is 501 g/mol. The molecular formula is C33H62O3Si2. The molecule has 2 saturated carbocycles. The van der Waals surface area contributed by atoms with Gasteiger partial charge in [0.05, 0.1) is 12.2 Å². The van der Waals surface area contributed by atoms with Crippen LogP contribution in [0.2, 0.25) is 36.3 Å². The first-order valence-electron chi connectivity index (χ1n) is 15.9. The third-order valence-electron chi connectivity index (χ3n) is 11.0. The zero-order valence-corrected chi connectivity index (χ0v) is 28.7. The summed E-state index contributed by atoms with van der Waals surface area (Å²) < 4.78 is 14.3. The number of fused-ring (bicyclic) bond motifs is 1. The molecule has 38 heavy (non-hydrogen) atoms. The molecule has 2 fully saturated rings. The zero-order chi connectivity index (χ0) is 28.4. The van der Waals surface area contributed by atoms with Crippen molar-refractivity contribution >= 4 is 16.6 Å². The van der Waals surface area contributed by atoms with E-state index in [-0.39, 0.29) is 16.2 Å². The summed E-state index contributed by atoms with van der Waals surface area (Å²) in [6.07, 6.45) is 20.5. The van der Waals surface area contributed by atoms with Crippen molar-refractivity contribution in [1.82, 2.24) is 0 Å². The minimum absolute atomic E-state index is 0.227. The van der Waals surface area contributed by atoms with E-state index in [4.69, 9.17) is 14.0 Å². The Hall–Kier alpha value is -0.206. The smallest absolute Gasteiger partial charge is 0.192 e. The van der Waals surface area contributed by atoms with Crippen LogP contribution < -0.4 is 0 Å². The van der Waals surface area contributed by atoms with E-state index in [1.165, 1.54) is 51.4 Å². The third-order valence-corrected chi connectivity index (χ3v) is 19.9. The lowest BCUT2D eigenvalue weighted by molar-refractivity contribution is 0.143. The molecule has 0 aromatic rings. The van der Waals surface area contributed by atoms with Crippen LogP contribution in [0.4, 0.5) is 0 Å². The van der Waals surface area contributed by atoms with Gasteiger partial charge in [0.15, 0.2) is 16.6 Å². The van der Waals surface area contributed by atoms with E-state index < -0.39 is 16.6 Å². The van der Waals surface area contributed by atoms with E-state index in [0.717, 1.165) is 12.8 Å². The first-order chi connectivity index (χ1) is 17.6. The molecule has 0 aliphatic heterocycles. The summed E-state index contributed by atoms with van der Waals surface area (Å²) in [7, 11) is -3.71. The van der Waals surface area contributed by atoms with Crippen LogP contribution in [-0.4, -0.2) is 40.6 Å². The lowest BCUT2D eigenvalue weighted by Gasteiger charge is -2.41. The second-order valence-corrected chi connectivity index (χ2v) is 25.4. The van der Waals surface area contributed by atoms with Gasteiger partial charge >= 0.3 is 0 Å². The average molecular weight is 563 g/mol. The first kappa shape index (κ1) is 32.3. The number of hydrogen-bond donors (Lipinski definition) is 1. The van der Waals surface area contributed by atoms with Gasteiger partial charge in [0.1, 0.15) is 0 Å². The second-order valence-electron chi connectivity index (χ2n) is 15.9.